The minimum atomic E-state index is 0.289. The molecule has 1 aromatic heterocycles. The number of nitrogens with two attached hydrogens (primary N) is 1. The maximum absolute atomic E-state index is 5.61. The molecular weight excluding hydrogens is 202 g/mol. The molecule has 90 valence electrons. The number of nitrogens with one attached hydrogen (secondary N) is 2. The zero-order valence-electron chi connectivity index (χ0n) is 10.2. The molecule has 1 aromatic rings. The highest BCUT2D eigenvalue weighted by atomic mass is 15.1. The van der Waals surface area contributed by atoms with E-state index in [4.69, 9.17) is 5.73 Å². The summed E-state index contributed by atoms with van der Waals surface area (Å²) >= 11 is 0. The van der Waals surface area contributed by atoms with Gasteiger partial charge in [0.05, 0.1) is 0 Å². The van der Waals surface area contributed by atoms with Gasteiger partial charge in [0.15, 0.2) is 0 Å². The van der Waals surface area contributed by atoms with Gasteiger partial charge >= 0.3 is 0 Å². The number of unbranched alkanes of at least 4 members (excludes halogenated alkanes) is 1. The fourth-order valence-electron chi connectivity index (χ4n) is 1.50. The number of hydrogen-bond donors (Lipinski definition) is 3. The molecule has 0 radical (unpaired) electrons. The summed E-state index contributed by atoms with van der Waals surface area (Å²) < 4.78 is 0. The number of nitrogens with zero attached hydrogens (tertiary/aromatic N) is 2. The molecule has 0 aromatic carbocycles. The van der Waals surface area contributed by atoms with E-state index in [0.717, 1.165) is 18.1 Å². The summed E-state index contributed by atoms with van der Waals surface area (Å²) in [5, 5.41) is 6.27. The second-order valence-corrected chi connectivity index (χ2v) is 3.93. The topological polar surface area (TPSA) is 75.9 Å². The van der Waals surface area contributed by atoms with Crippen LogP contribution in [0.5, 0.6) is 0 Å². The van der Waals surface area contributed by atoms with Crippen LogP contribution in [0.2, 0.25) is 0 Å². The molecule has 1 atom stereocenters. The molecule has 0 fully saturated rings. The van der Waals surface area contributed by atoms with E-state index in [9.17, 15) is 0 Å². The van der Waals surface area contributed by atoms with Crippen molar-refractivity contribution in [3.8, 4) is 0 Å². The van der Waals surface area contributed by atoms with Gasteiger partial charge in [-0.05, 0) is 13.3 Å². The second kappa shape index (κ2) is 6.15. The van der Waals surface area contributed by atoms with Gasteiger partial charge in [-0.25, -0.2) is 0 Å². The molecule has 1 unspecified atom stereocenters. The van der Waals surface area contributed by atoms with Crippen molar-refractivity contribution < 1.29 is 0 Å². The first-order valence-corrected chi connectivity index (χ1v) is 5.74. The zero-order chi connectivity index (χ0) is 12.0. The predicted molar refractivity (Wildman–Crippen MR) is 68.6 cm³/mol. The van der Waals surface area contributed by atoms with E-state index in [0.29, 0.717) is 6.04 Å². The lowest BCUT2D eigenvalue weighted by Crippen LogP contribution is -2.16. The van der Waals surface area contributed by atoms with E-state index in [2.05, 4.69) is 34.4 Å². The van der Waals surface area contributed by atoms with Gasteiger partial charge in [0.1, 0.15) is 11.6 Å². The Hall–Kier alpha value is -1.52. The highest BCUT2D eigenvalue weighted by Crippen LogP contribution is 2.14. The molecular formula is C11H21N5. The summed E-state index contributed by atoms with van der Waals surface area (Å²) in [6.45, 7) is 4.33. The largest absolute Gasteiger partial charge is 0.373 e. The van der Waals surface area contributed by atoms with Crippen LogP contribution in [-0.2, 0) is 0 Å². The minimum absolute atomic E-state index is 0.289. The fraction of sp³-hybridized carbons (Fsp3) is 0.636. The van der Waals surface area contributed by atoms with Crippen molar-refractivity contribution in [3.63, 3.8) is 0 Å². The Kier molecular flexibility index (Phi) is 4.82. The van der Waals surface area contributed by atoms with E-state index < -0.39 is 0 Å². The maximum atomic E-state index is 5.61. The SMILES string of the molecule is CCCCC(C)Nc1cc(NC)nc(N)n1. The zero-order valence-corrected chi connectivity index (χ0v) is 10.2. The van der Waals surface area contributed by atoms with Crippen molar-refractivity contribution in [2.75, 3.05) is 23.4 Å². The summed E-state index contributed by atoms with van der Waals surface area (Å²) in [5.74, 6) is 1.80. The van der Waals surface area contributed by atoms with E-state index in [1.54, 1.807) is 0 Å². The molecule has 0 aliphatic heterocycles. The molecule has 16 heavy (non-hydrogen) atoms. The molecule has 0 aliphatic rings. The number of anilines is 3. The first kappa shape index (κ1) is 12.5. The van der Waals surface area contributed by atoms with Gasteiger partial charge in [0.2, 0.25) is 5.95 Å². The molecule has 5 nitrogen and oxygen atoms in total. The summed E-state index contributed by atoms with van der Waals surface area (Å²) in [4.78, 5) is 8.18. The number of hydrogen-bond acceptors (Lipinski definition) is 5. The predicted octanol–water partition coefficient (Wildman–Crippen LogP) is 2.09. The Morgan fingerprint density at radius 1 is 1.38 bits per heavy atom. The van der Waals surface area contributed by atoms with Crippen LogP contribution in [0.3, 0.4) is 0 Å². The van der Waals surface area contributed by atoms with Crippen molar-refractivity contribution in [2.24, 2.45) is 0 Å². The molecule has 5 heteroatoms. The van der Waals surface area contributed by atoms with Crippen LogP contribution in [0.15, 0.2) is 6.07 Å². The smallest absolute Gasteiger partial charge is 0.223 e. The van der Waals surface area contributed by atoms with E-state index >= 15 is 0 Å². The lowest BCUT2D eigenvalue weighted by Gasteiger charge is -2.14. The molecule has 0 aliphatic carbocycles. The average molecular weight is 223 g/mol. The number of nitrogen functional groups attached to an aromatic ring is 1. The lowest BCUT2D eigenvalue weighted by molar-refractivity contribution is 0.643. The van der Waals surface area contributed by atoms with Crippen molar-refractivity contribution in [3.05, 3.63) is 6.07 Å². The van der Waals surface area contributed by atoms with Crippen LogP contribution in [-0.4, -0.2) is 23.1 Å². The van der Waals surface area contributed by atoms with Gasteiger partial charge in [-0.15, -0.1) is 0 Å². The van der Waals surface area contributed by atoms with Crippen LogP contribution < -0.4 is 16.4 Å². The maximum Gasteiger partial charge on any atom is 0.223 e. The van der Waals surface area contributed by atoms with Crippen molar-refractivity contribution in [2.45, 2.75) is 39.2 Å². The number of rotatable bonds is 6. The Morgan fingerprint density at radius 3 is 2.69 bits per heavy atom. The van der Waals surface area contributed by atoms with Crippen molar-refractivity contribution in [1.82, 2.24) is 9.97 Å². The van der Waals surface area contributed by atoms with Gasteiger partial charge in [-0.1, -0.05) is 19.8 Å². The van der Waals surface area contributed by atoms with Gasteiger partial charge in [-0.3, -0.25) is 0 Å². The monoisotopic (exact) mass is 223 g/mol. The standard InChI is InChI=1S/C11H21N5/c1-4-5-6-8(2)14-10-7-9(13-3)15-11(12)16-10/h7-8H,4-6H2,1-3H3,(H4,12,13,14,15,16). The average Bonchev–Trinajstić information content (AvgIpc) is 2.25. The molecule has 0 amide bonds. The third-order valence-corrected chi connectivity index (χ3v) is 2.38. The van der Waals surface area contributed by atoms with Crippen molar-refractivity contribution in [1.29, 1.82) is 0 Å². The third-order valence-electron chi connectivity index (χ3n) is 2.38. The minimum Gasteiger partial charge on any atom is -0.373 e. The van der Waals surface area contributed by atoms with Gasteiger partial charge in [0, 0.05) is 19.2 Å². The third kappa shape index (κ3) is 3.92. The van der Waals surface area contributed by atoms with E-state index in [1.807, 2.05) is 13.1 Å². The molecule has 1 rings (SSSR count). The summed E-state index contributed by atoms with van der Waals surface area (Å²) in [7, 11) is 1.81. The summed E-state index contributed by atoms with van der Waals surface area (Å²) in [5.41, 5.74) is 5.61. The lowest BCUT2D eigenvalue weighted by atomic mass is 10.1. The van der Waals surface area contributed by atoms with Gasteiger partial charge in [-0.2, -0.15) is 9.97 Å². The van der Waals surface area contributed by atoms with E-state index in [1.165, 1.54) is 12.8 Å². The quantitative estimate of drug-likeness (QED) is 0.688. The molecule has 0 saturated heterocycles. The Morgan fingerprint density at radius 2 is 2.06 bits per heavy atom. The molecule has 1 heterocycles. The normalized spacial score (nSPS) is 12.2. The van der Waals surface area contributed by atoms with Crippen LogP contribution in [0.4, 0.5) is 17.6 Å². The van der Waals surface area contributed by atoms with Gasteiger partial charge < -0.3 is 16.4 Å². The first-order valence-electron chi connectivity index (χ1n) is 5.74. The van der Waals surface area contributed by atoms with Crippen LogP contribution in [0.1, 0.15) is 33.1 Å². The second-order valence-electron chi connectivity index (χ2n) is 3.93. The van der Waals surface area contributed by atoms with Gasteiger partial charge in [0.25, 0.3) is 0 Å². The molecule has 0 bridgehead atoms. The number of aromatic nitrogens is 2. The van der Waals surface area contributed by atoms with Crippen LogP contribution in [0, 0.1) is 0 Å². The van der Waals surface area contributed by atoms with Crippen LogP contribution in [0.25, 0.3) is 0 Å². The summed E-state index contributed by atoms with van der Waals surface area (Å²) in [6.07, 6.45) is 3.56. The van der Waals surface area contributed by atoms with Crippen molar-refractivity contribution >= 4 is 17.6 Å². The molecule has 0 spiro atoms. The Balaban J connectivity index is 2.61. The highest BCUT2D eigenvalue weighted by molar-refractivity contribution is 5.50. The highest BCUT2D eigenvalue weighted by Gasteiger charge is 2.05. The Bertz CT molecular complexity index is 326. The molecule has 0 saturated carbocycles. The first-order chi connectivity index (χ1) is 7.65. The van der Waals surface area contributed by atoms with E-state index in [-0.39, 0.29) is 5.95 Å². The molecule has 4 N–H and O–H groups in total. The Labute approximate surface area is 96.9 Å². The fourth-order valence-corrected chi connectivity index (χ4v) is 1.50. The summed E-state index contributed by atoms with van der Waals surface area (Å²) in [6, 6.07) is 2.26. The van der Waals surface area contributed by atoms with Crippen LogP contribution >= 0.6 is 0 Å².